The quantitative estimate of drug-likeness (QED) is 0.816. The molecule has 1 N–H and O–H groups in total. The highest BCUT2D eigenvalue weighted by Crippen LogP contribution is 2.29. The summed E-state index contributed by atoms with van der Waals surface area (Å²) in [5.74, 6) is 0. The summed E-state index contributed by atoms with van der Waals surface area (Å²) in [7, 11) is 0. The van der Waals surface area contributed by atoms with Crippen LogP contribution in [-0.4, -0.2) is 18.0 Å². The zero-order valence-corrected chi connectivity index (χ0v) is 10.3. The van der Waals surface area contributed by atoms with Crippen LogP contribution in [0.3, 0.4) is 0 Å². The molecule has 0 spiro atoms. The average molecular weight is 241 g/mol. The number of benzene rings is 1. The van der Waals surface area contributed by atoms with Crippen molar-refractivity contribution in [1.82, 2.24) is 5.32 Å². The maximum Gasteiger partial charge on any atom is 0.156 e. The van der Waals surface area contributed by atoms with Crippen LogP contribution in [0.1, 0.15) is 17.2 Å². The Morgan fingerprint density at radius 3 is 2.93 bits per heavy atom. The van der Waals surface area contributed by atoms with Crippen LogP contribution in [0, 0.1) is 6.92 Å². The van der Waals surface area contributed by atoms with Crippen molar-refractivity contribution in [1.29, 1.82) is 0 Å². The molecule has 0 aliphatic carbocycles. The number of halogens is 1. The van der Waals surface area contributed by atoms with Crippen molar-refractivity contribution in [3.8, 4) is 0 Å². The summed E-state index contributed by atoms with van der Waals surface area (Å²) < 4.78 is 0. The zero-order chi connectivity index (χ0) is 10.8. The molecular formula is C11H13ClN2S. The van der Waals surface area contributed by atoms with Crippen molar-refractivity contribution in [2.75, 3.05) is 12.8 Å². The molecule has 1 unspecified atom stereocenters. The third-order valence-electron chi connectivity index (χ3n) is 2.53. The van der Waals surface area contributed by atoms with Crippen LogP contribution in [0.4, 0.5) is 0 Å². The van der Waals surface area contributed by atoms with Crippen molar-refractivity contribution in [3.63, 3.8) is 0 Å². The molecular weight excluding hydrogens is 228 g/mol. The van der Waals surface area contributed by atoms with E-state index < -0.39 is 0 Å². The molecule has 2 rings (SSSR count). The van der Waals surface area contributed by atoms with E-state index >= 15 is 0 Å². The number of hydrogen-bond donors (Lipinski definition) is 1. The van der Waals surface area contributed by atoms with Crippen LogP contribution in [0.25, 0.3) is 0 Å². The zero-order valence-electron chi connectivity index (χ0n) is 8.75. The van der Waals surface area contributed by atoms with E-state index in [0.717, 1.165) is 16.7 Å². The number of amidine groups is 1. The van der Waals surface area contributed by atoms with Gasteiger partial charge in [0.25, 0.3) is 0 Å². The van der Waals surface area contributed by atoms with E-state index in [9.17, 15) is 0 Å². The molecule has 15 heavy (non-hydrogen) atoms. The molecule has 1 aromatic carbocycles. The van der Waals surface area contributed by atoms with Gasteiger partial charge in [0.1, 0.15) is 0 Å². The predicted molar refractivity (Wildman–Crippen MR) is 67.9 cm³/mol. The van der Waals surface area contributed by atoms with Crippen molar-refractivity contribution < 1.29 is 0 Å². The lowest BCUT2D eigenvalue weighted by molar-refractivity contribution is 0.707. The summed E-state index contributed by atoms with van der Waals surface area (Å²) in [5, 5.41) is 5.19. The van der Waals surface area contributed by atoms with E-state index in [1.54, 1.807) is 11.8 Å². The molecule has 1 aromatic rings. The van der Waals surface area contributed by atoms with Crippen LogP contribution in [-0.2, 0) is 0 Å². The molecule has 0 bridgehead atoms. The van der Waals surface area contributed by atoms with Gasteiger partial charge in [0.2, 0.25) is 0 Å². The topological polar surface area (TPSA) is 24.4 Å². The molecule has 2 nitrogen and oxygen atoms in total. The van der Waals surface area contributed by atoms with Gasteiger partial charge in [0.15, 0.2) is 5.17 Å². The first kappa shape index (κ1) is 10.8. The van der Waals surface area contributed by atoms with Crippen molar-refractivity contribution in [2.45, 2.75) is 13.0 Å². The second-order valence-corrected chi connectivity index (χ2v) is 4.72. The van der Waals surface area contributed by atoms with Gasteiger partial charge in [-0.25, -0.2) is 0 Å². The third-order valence-corrected chi connectivity index (χ3v) is 3.49. The van der Waals surface area contributed by atoms with Gasteiger partial charge in [-0.15, -0.1) is 0 Å². The van der Waals surface area contributed by atoms with Gasteiger partial charge < -0.3 is 5.32 Å². The second-order valence-electron chi connectivity index (χ2n) is 3.52. The lowest BCUT2D eigenvalue weighted by atomic mass is 10.0. The predicted octanol–water partition coefficient (Wildman–Crippen LogP) is 3.01. The Bertz CT molecular complexity index is 383. The van der Waals surface area contributed by atoms with E-state index in [1.807, 2.05) is 18.4 Å². The molecule has 1 aliphatic rings. The van der Waals surface area contributed by atoms with Gasteiger partial charge >= 0.3 is 0 Å². The Hall–Kier alpha value is -0.670. The lowest BCUT2D eigenvalue weighted by Crippen LogP contribution is -2.21. The van der Waals surface area contributed by atoms with Gasteiger partial charge in [-0.1, -0.05) is 35.5 Å². The normalized spacial score (nSPS) is 19.9. The molecule has 0 saturated carbocycles. The van der Waals surface area contributed by atoms with Gasteiger partial charge in [0.05, 0.1) is 12.6 Å². The largest absolute Gasteiger partial charge is 0.356 e. The minimum absolute atomic E-state index is 0.237. The summed E-state index contributed by atoms with van der Waals surface area (Å²) in [6, 6.07) is 6.23. The number of nitrogens with one attached hydrogen (secondary N) is 1. The minimum Gasteiger partial charge on any atom is -0.356 e. The van der Waals surface area contributed by atoms with E-state index in [0.29, 0.717) is 0 Å². The van der Waals surface area contributed by atoms with Crippen molar-refractivity contribution in [2.24, 2.45) is 4.99 Å². The highest BCUT2D eigenvalue weighted by molar-refractivity contribution is 8.13. The van der Waals surface area contributed by atoms with Crippen LogP contribution < -0.4 is 5.32 Å². The van der Waals surface area contributed by atoms with E-state index in [-0.39, 0.29) is 6.04 Å². The van der Waals surface area contributed by atoms with Crippen LogP contribution in [0.5, 0.6) is 0 Å². The second kappa shape index (κ2) is 4.45. The van der Waals surface area contributed by atoms with E-state index in [4.69, 9.17) is 11.6 Å². The molecule has 0 aromatic heterocycles. The summed E-state index contributed by atoms with van der Waals surface area (Å²) in [4.78, 5) is 4.40. The Morgan fingerprint density at radius 2 is 2.33 bits per heavy atom. The average Bonchev–Trinajstić information content (AvgIpc) is 2.66. The molecule has 0 saturated heterocycles. The van der Waals surface area contributed by atoms with Gasteiger partial charge in [-0.3, -0.25) is 4.99 Å². The first-order valence-corrected chi connectivity index (χ1v) is 6.42. The third kappa shape index (κ3) is 2.13. The SMILES string of the molecule is CSC1=NCC(c2c(C)cccc2Cl)N1. The minimum atomic E-state index is 0.237. The summed E-state index contributed by atoms with van der Waals surface area (Å²) in [5.41, 5.74) is 2.39. The Kier molecular flexibility index (Phi) is 3.22. The lowest BCUT2D eigenvalue weighted by Gasteiger charge is -2.15. The van der Waals surface area contributed by atoms with E-state index in [2.05, 4.69) is 23.3 Å². The molecule has 1 heterocycles. The molecule has 0 fully saturated rings. The van der Waals surface area contributed by atoms with Crippen LogP contribution >= 0.6 is 23.4 Å². The molecule has 0 radical (unpaired) electrons. The highest BCUT2D eigenvalue weighted by Gasteiger charge is 2.22. The molecule has 1 atom stereocenters. The number of hydrogen-bond acceptors (Lipinski definition) is 3. The Morgan fingerprint density at radius 1 is 1.53 bits per heavy atom. The monoisotopic (exact) mass is 240 g/mol. The Balaban J connectivity index is 2.25. The maximum absolute atomic E-state index is 6.20. The first-order valence-electron chi connectivity index (χ1n) is 4.82. The van der Waals surface area contributed by atoms with Gasteiger partial charge in [-0.05, 0) is 30.4 Å². The number of thioether (sulfide) groups is 1. The summed E-state index contributed by atoms with van der Waals surface area (Å²) in [6.07, 6.45) is 2.02. The van der Waals surface area contributed by atoms with Crippen molar-refractivity contribution in [3.05, 3.63) is 34.3 Å². The summed E-state index contributed by atoms with van der Waals surface area (Å²) >= 11 is 7.84. The van der Waals surface area contributed by atoms with Gasteiger partial charge in [0, 0.05) is 5.02 Å². The first-order chi connectivity index (χ1) is 7.22. The fraction of sp³-hybridized carbons (Fsp3) is 0.364. The van der Waals surface area contributed by atoms with Gasteiger partial charge in [-0.2, -0.15) is 0 Å². The Labute approximate surface area is 99.1 Å². The fourth-order valence-electron chi connectivity index (χ4n) is 1.79. The number of aryl methyl sites for hydroxylation is 1. The number of nitrogens with zero attached hydrogens (tertiary/aromatic N) is 1. The molecule has 1 aliphatic heterocycles. The highest BCUT2D eigenvalue weighted by atomic mass is 35.5. The standard InChI is InChI=1S/C11H13ClN2S/c1-7-4-3-5-8(12)10(7)9-6-13-11(14-9)15-2/h3-5,9H,6H2,1-2H3,(H,13,14). The van der Waals surface area contributed by atoms with Crippen LogP contribution in [0.2, 0.25) is 5.02 Å². The van der Waals surface area contributed by atoms with Crippen molar-refractivity contribution >= 4 is 28.5 Å². The molecule has 0 amide bonds. The molecule has 80 valence electrons. The van der Waals surface area contributed by atoms with Crippen LogP contribution in [0.15, 0.2) is 23.2 Å². The smallest absolute Gasteiger partial charge is 0.156 e. The number of aliphatic imine (C=N–C) groups is 1. The fourth-order valence-corrected chi connectivity index (χ4v) is 2.60. The van der Waals surface area contributed by atoms with E-state index in [1.165, 1.54) is 11.1 Å². The molecule has 4 heteroatoms. The summed E-state index contributed by atoms with van der Waals surface area (Å²) in [6.45, 7) is 2.86. The maximum atomic E-state index is 6.20. The number of rotatable bonds is 1.